The van der Waals surface area contributed by atoms with Crippen molar-refractivity contribution in [2.24, 2.45) is 0 Å². The van der Waals surface area contributed by atoms with Crippen molar-refractivity contribution < 1.29 is 9.18 Å². The molecule has 0 unspecified atom stereocenters. The van der Waals surface area contributed by atoms with E-state index < -0.39 is 6.67 Å². The molecule has 0 atom stereocenters. The highest BCUT2D eigenvalue weighted by molar-refractivity contribution is 5.95. The number of hydrogen-bond acceptors (Lipinski definition) is 2. The molecule has 1 heterocycles. The van der Waals surface area contributed by atoms with Crippen LogP contribution in [0.2, 0.25) is 0 Å². The Morgan fingerprint density at radius 2 is 2.20 bits per heavy atom. The number of aromatic nitrogens is 1. The van der Waals surface area contributed by atoms with Crippen molar-refractivity contribution in [3.8, 4) is 0 Å². The van der Waals surface area contributed by atoms with E-state index in [0.29, 0.717) is 5.56 Å². The van der Waals surface area contributed by atoms with Gasteiger partial charge in [0.2, 0.25) is 0 Å². The Bertz CT molecular complexity index is 358. The monoisotopic (exact) mass is 210 g/mol. The molecule has 1 amide bonds. The van der Waals surface area contributed by atoms with Crippen molar-refractivity contribution in [3.05, 3.63) is 29.6 Å². The first-order chi connectivity index (χ1) is 6.94. The summed E-state index contributed by atoms with van der Waals surface area (Å²) in [6.07, 6.45) is 1.47. The van der Waals surface area contributed by atoms with Gasteiger partial charge in [0.1, 0.15) is 6.67 Å². The summed E-state index contributed by atoms with van der Waals surface area (Å²) in [6, 6.07) is 3.19. The van der Waals surface area contributed by atoms with Gasteiger partial charge in [-0.15, -0.1) is 0 Å². The number of carbonyl (C=O) groups excluding carboxylic acids is 1. The van der Waals surface area contributed by atoms with Crippen molar-refractivity contribution in [1.82, 2.24) is 10.3 Å². The molecule has 4 heteroatoms. The summed E-state index contributed by atoms with van der Waals surface area (Å²) in [5.74, 6) is -0.289. The summed E-state index contributed by atoms with van der Waals surface area (Å²) in [5, 5.41) is 2.76. The van der Waals surface area contributed by atoms with Crippen molar-refractivity contribution in [2.45, 2.75) is 33.0 Å². The Morgan fingerprint density at radius 3 is 2.73 bits per heavy atom. The van der Waals surface area contributed by atoms with Crippen LogP contribution >= 0.6 is 0 Å². The van der Waals surface area contributed by atoms with Crippen LogP contribution in [-0.2, 0) is 6.67 Å². The molecule has 0 saturated carbocycles. The molecule has 82 valence electrons. The summed E-state index contributed by atoms with van der Waals surface area (Å²) in [7, 11) is 0. The molecule has 0 aliphatic carbocycles. The quantitative estimate of drug-likeness (QED) is 0.812. The molecule has 1 aromatic rings. The van der Waals surface area contributed by atoms with Crippen LogP contribution < -0.4 is 5.32 Å². The van der Waals surface area contributed by atoms with Crippen molar-refractivity contribution in [1.29, 1.82) is 0 Å². The Hall–Kier alpha value is -1.45. The third-order valence-electron chi connectivity index (χ3n) is 1.75. The smallest absolute Gasteiger partial charge is 0.253 e. The average molecular weight is 210 g/mol. The molecule has 15 heavy (non-hydrogen) atoms. The van der Waals surface area contributed by atoms with Crippen LogP contribution in [0.3, 0.4) is 0 Å². The van der Waals surface area contributed by atoms with E-state index in [1.807, 2.05) is 20.8 Å². The van der Waals surface area contributed by atoms with Gasteiger partial charge in [0, 0.05) is 11.7 Å². The van der Waals surface area contributed by atoms with E-state index in [2.05, 4.69) is 10.3 Å². The van der Waals surface area contributed by atoms with Crippen LogP contribution in [0.4, 0.5) is 4.39 Å². The van der Waals surface area contributed by atoms with E-state index in [-0.39, 0.29) is 17.1 Å². The van der Waals surface area contributed by atoms with E-state index >= 15 is 0 Å². The highest BCUT2D eigenvalue weighted by Gasteiger charge is 2.17. The number of carbonyl (C=O) groups is 1. The van der Waals surface area contributed by atoms with Crippen LogP contribution in [0.15, 0.2) is 18.3 Å². The lowest BCUT2D eigenvalue weighted by Crippen LogP contribution is -2.41. The topological polar surface area (TPSA) is 42.0 Å². The number of amides is 1. The number of pyridine rings is 1. The second-order valence-electron chi connectivity index (χ2n) is 4.34. The molecule has 0 aliphatic heterocycles. The number of alkyl halides is 1. The lowest BCUT2D eigenvalue weighted by atomic mass is 10.1. The normalized spacial score (nSPS) is 11.2. The first kappa shape index (κ1) is 11.6. The number of nitrogens with zero attached hydrogens (tertiary/aromatic N) is 1. The van der Waals surface area contributed by atoms with Gasteiger partial charge in [-0.25, -0.2) is 4.39 Å². The van der Waals surface area contributed by atoms with Crippen LogP contribution in [-0.4, -0.2) is 16.4 Å². The second-order valence-corrected chi connectivity index (χ2v) is 4.34. The third kappa shape index (κ3) is 3.31. The Labute approximate surface area is 88.7 Å². The molecule has 1 rings (SSSR count). The molecule has 0 spiro atoms. The van der Waals surface area contributed by atoms with Crippen LogP contribution in [0, 0.1) is 0 Å². The van der Waals surface area contributed by atoms with E-state index in [4.69, 9.17) is 0 Å². The predicted molar refractivity (Wildman–Crippen MR) is 56.3 cm³/mol. The van der Waals surface area contributed by atoms with E-state index in [9.17, 15) is 9.18 Å². The van der Waals surface area contributed by atoms with Gasteiger partial charge in [-0.3, -0.25) is 9.78 Å². The second kappa shape index (κ2) is 4.38. The summed E-state index contributed by atoms with van der Waals surface area (Å²) in [6.45, 7) is 4.89. The van der Waals surface area contributed by atoms with Crippen LogP contribution in [0.1, 0.15) is 36.8 Å². The van der Waals surface area contributed by atoms with Gasteiger partial charge in [-0.05, 0) is 32.9 Å². The van der Waals surface area contributed by atoms with Crippen LogP contribution in [0.5, 0.6) is 0 Å². The zero-order chi connectivity index (χ0) is 11.5. The lowest BCUT2D eigenvalue weighted by molar-refractivity contribution is 0.0917. The van der Waals surface area contributed by atoms with Gasteiger partial charge in [-0.1, -0.05) is 0 Å². The van der Waals surface area contributed by atoms with Crippen LogP contribution in [0.25, 0.3) is 0 Å². The summed E-state index contributed by atoms with van der Waals surface area (Å²) in [5.41, 5.74) is 0.148. The van der Waals surface area contributed by atoms with Gasteiger partial charge in [0.15, 0.2) is 0 Å². The van der Waals surface area contributed by atoms with Gasteiger partial charge >= 0.3 is 0 Å². The fraction of sp³-hybridized carbons (Fsp3) is 0.455. The molecule has 1 aromatic heterocycles. The fourth-order valence-corrected chi connectivity index (χ4v) is 1.16. The highest BCUT2D eigenvalue weighted by Crippen LogP contribution is 2.09. The summed E-state index contributed by atoms with van der Waals surface area (Å²) in [4.78, 5) is 15.5. The van der Waals surface area contributed by atoms with E-state index in [1.54, 1.807) is 12.1 Å². The van der Waals surface area contributed by atoms with Gasteiger partial charge in [-0.2, -0.15) is 0 Å². The molecule has 0 aliphatic rings. The molecule has 3 nitrogen and oxygen atoms in total. The largest absolute Gasteiger partial charge is 0.347 e. The maximum absolute atomic E-state index is 12.5. The van der Waals surface area contributed by atoms with Gasteiger partial charge in [0.25, 0.3) is 5.91 Å². The van der Waals surface area contributed by atoms with Crippen molar-refractivity contribution >= 4 is 5.91 Å². The minimum atomic E-state index is -0.728. The Balaban J connectivity index is 2.91. The number of halogens is 1. The molecule has 1 N–H and O–H groups in total. The molecular formula is C11H15FN2O. The van der Waals surface area contributed by atoms with E-state index in [0.717, 1.165) is 0 Å². The zero-order valence-electron chi connectivity index (χ0n) is 9.17. The number of hydrogen-bond donors (Lipinski definition) is 1. The highest BCUT2D eigenvalue weighted by atomic mass is 19.1. The van der Waals surface area contributed by atoms with Crippen molar-refractivity contribution in [2.75, 3.05) is 0 Å². The molecule has 0 bridgehead atoms. The van der Waals surface area contributed by atoms with Gasteiger partial charge in [0.05, 0.1) is 11.3 Å². The first-order valence-electron chi connectivity index (χ1n) is 4.76. The Kier molecular flexibility index (Phi) is 3.39. The summed E-state index contributed by atoms with van der Waals surface area (Å²) >= 11 is 0. The predicted octanol–water partition coefficient (Wildman–Crippen LogP) is 2.08. The standard InChI is InChI=1S/C11H15FN2O/c1-11(2,3)14-10(15)8-5-4-6-13-9(8)7-12/h4-6H,7H2,1-3H3,(H,14,15). The maximum atomic E-state index is 12.5. The minimum Gasteiger partial charge on any atom is -0.347 e. The average Bonchev–Trinajstić information content (AvgIpc) is 2.15. The lowest BCUT2D eigenvalue weighted by Gasteiger charge is -2.20. The third-order valence-corrected chi connectivity index (χ3v) is 1.75. The molecule has 0 fully saturated rings. The summed E-state index contributed by atoms with van der Waals surface area (Å²) < 4.78 is 12.5. The van der Waals surface area contributed by atoms with E-state index in [1.165, 1.54) is 6.20 Å². The molecular weight excluding hydrogens is 195 g/mol. The molecule has 0 radical (unpaired) electrons. The SMILES string of the molecule is CC(C)(C)NC(=O)c1cccnc1CF. The number of rotatable bonds is 2. The molecule has 0 saturated heterocycles. The Morgan fingerprint density at radius 1 is 1.53 bits per heavy atom. The fourth-order valence-electron chi connectivity index (χ4n) is 1.16. The first-order valence-corrected chi connectivity index (χ1v) is 4.76. The minimum absolute atomic E-state index is 0.180. The number of nitrogens with one attached hydrogen (secondary N) is 1. The molecule has 0 aromatic carbocycles. The zero-order valence-corrected chi connectivity index (χ0v) is 9.17. The maximum Gasteiger partial charge on any atom is 0.253 e. The van der Waals surface area contributed by atoms with Gasteiger partial charge < -0.3 is 5.32 Å². The van der Waals surface area contributed by atoms with Crippen molar-refractivity contribution in [3.63, 3.8) is 0 Å².